The monoisotopic (exact) mass is 341 g/mol. The number of anilines is 1. The predicted molar refractivity (Wildman–Crippen MR) is 78.6 cm³/mol. The molecule has 1 saturated heterocycles. The van der Waals surface area contributed by atoms with Gasteiger partial charge in [-0.05, 0) is 25.0 Å². The number of nitro groups is 1. The van der Waals surface area contributed by atoms with Crippen LogP contribution in [-0.4, -0.2) is 29.7 Å². The number of hydrogen-bond donors (Lipinski definition) is 2. The van der Waals surface area contributed by atoms with Gasteiger partial charge in [0.1, 0.15) is 5.69 Å². The van der Waals surface area contributed by atoms with Gasteiger partial charge >= 0.3 is 0 Å². The molecule has 1 heterocycles. The summed E-state index contributed by atoms with van der Waals surface area (Å²) >= 11 is 3.25. The second kappa shape index (κ2) is 5.31. The van der Waals surface area contributed by atoms with Crippen LogP contribution in [0.5, 0.6) is 0 Å². The minimum atomic E-state index is -0.392. The number of nitro benzene ring substituents is 1. The molecule has 3 rings (SSSR count). The third-order valence-corrected chi connectivity index (χ3v) is 4.65. The van der Waals surface area contributed by atoms with Crippen LogP contribution in [0, 0.1) is 16.0 Å². The summed E-state index contributed by atoms with van der Waals surface area (Å²) in [4.78, 5) is 10.7. The molecule has 1 aliphatic carbocycles. The Kier molecular flexibility index (Phi) is 3.66. The Morgan fingerprint density at radius 3 is 3.05 bits per heavy atom. The molecular weight excluding hydrogens is 326 g/mol. The first-order chi connectivity index (χ1) is 9.58. The van der Waals surface area contributed by atoms with Crippen molar-refractivity contribution in [2.24, 2.45) is 11.7 Å². The lowest BCUT2D eigenvalue weighted by Crippen LogP contribution is -2.69. The van der Waals surface area contributed by atoms with E-state index in [-0.39, 0.29) is 23.9 Å². The standard InChI is InChI=1S/C13H16BrN3O3/c14-7-3-4-9(10(6-7)17(18)19)16-12-11(15)8-2-1-5-20-13(8)12/h3-4,6,8,11-13,16H,1-2,5,15H2. The van der Waals surface area contributed by atoms with Crippen LogP contribution in [0.2, 0.25) is 0 Å². The number of rotatable bonds is 3. The third kappa shape index (κ3) is 2.30. The first-order valence-electron chi connectivity index (χ1n) is 6.65. The maximum absolute atomic E-state index is 11.1. The van der Waals surface area contributed by atoms with Crippen LogP contribution in [-0.2, 0) is 4.74 Å². The van der Waals surface area contributed by atoms with Crippen LogP contribution in [0.4, 0.5) is 11.4 Å². The number of nitrogens with two attached hydrogens (primary N) is 1. The highest BCUT2D eigenvalue weighted by molar-refractivity contribution is 9.10. The fourth-order valence-electron chi connectivity index (χ4n) is 3.08. The van der Waals surface area contributed by atoms with E-state index in [1.807, 2.05) is 0 Å². The number of benzene rings is 1. The van der Waals surface area contributed by atoms with Crippen molar-refractivity contribution in [1.29, 1.82) is 0 Å². The fourth-order valence-corrected chi connectivity index (χ4v) is 3.43. The van der Waals surface area contributed by atoms with E-state index in [1.54, 1.807) is 12.1 Å². The molecule has 0 amide bonds. The Hall–Kier alpha value is -1.18. The van der Waals surface area contributed by atoms with E-state index in [2.05, 4.69) is 21.2 Å². The summed E-state index contributed by atoms with van der Waals surface area (Å²) in [5, 5.41) is 14.3. The summed E-state index contributed by atoms with van der Waals surface area (Å²) in [7, 11) is 0. The molecule has 1 aliphatic heterocycles. The summed E-state index contributed by atoms with van der Waals surface area (Å²) < 4.78 is 6.41. The minimum Gasteiger partial charge on any atom is -0.376 e. The molecule has 0 radical (unpaired) electrons. The lowest BCUT2D eigenvalue weighted by Gasteiger charge is -2.52. The van der Waals surface area contributed by atoms with Gasteiger partial charge in [-0.3, -0.25) is 10.1 Å². The Morgan fingerprint density at radius 2 is 2.30 bits per heavy atom. The molecule has 20 heavy (non-hydrogen) atoms. The molecule has 1 aromatic rings. The van der Waals surface area contributed by atoms with Gasteiger partial charge in [-0.2, -0.15) is 0 Å². The zero-order valence-electron chi connectivity index (χ0n) is 10.8. The van der Waals surface area contributed by atoms with E-state index in [1.165, 1.54) is 6.07 Å². The van der Waals surface area contributed by atoms with Gasteiger partial charge in [-0.1, -0.05) is 15.9 Å². The Morgan fingerprint density at radius 1 is 1.50 bits per heavy atom. The number of fused-ring (bicyclic) bond motifs is 1. The highest BCUT2D eigenvalue weighted by atomic mass is 79.9. The average molecular weight is 342 g/mol. The van der Waals surface area contributed by atoms with Crippen LogP contribution in [0.15, 0.2) is 22.7 Å². The molecule has 4 unspecified atom stereocenters. The molecule has 2 aliphatic rings. The van der Waals surface area contributed by atoms with Crippen molar-refractivity contribution in [3.63, 3.8) is 0 Å². The second-order valence-corrected chi connectivity index (χ2v) is 6.22. The first-order valence-corrected chi connectivity index (χ1v) is 7.45. The molecule has 4 atom stereocenters. The zero-order chi connectivity index (χ0) is 14.3. The number of nitrogens with one attached hydrogen (secondary N) is 1. The molecule has 7 heteroatoms. The Labute approximate surface area is 124 Å². The number of nitrogens with zero attached hydrogens (tertiary/aromatic N) is 1. The lowest BCUT2D eigenvalue weighted by atomic mass is 9.68. The summed E-state index contributed by atoms with van der Waals surface area (Å²) in [5.41, 5.74) is 6.70. The van der Waals surface area contributed by atoms with Gasteiger partial charge in [-0.15, -0.1) is 0 Å². The van der Waals surface area contributed by atoms with Crippen molar-refractivity contribution in [3.8, 4) is 0 Å². The van der Waals surface area contributed by atoms with Gasteiger partial charge < -0.3 is 15.8 Å². The maximum atomic E-state index is 11.1. The molecule has 0 bridgehead atoms. The lowest BCUT2D eigenvalue weighted by molar-refractivity contribution is -0.384. The highest BCUT2D eigenvalue weighted by Gasteiger charge is 2.50. The van der Waals surface area contributed by atoms with Gasteiger partial charge in [0.05, 0.1) is 17.1 Å². The fraction of sp³-hybridized carbons (Fsp3) is 0.538. The van der Waals surface area contributed by atoms with Crippen molar-refractivity contribution in [2.75, 3.05) is 11.9 Å². The second-order valence-electron chi connectivity index (χ2n) is 5.31. The van der Waals surface area contributed by atoms with Crippen LogP contribution in [0.25, 0.3) is 0 Å². The van der Waals surface area contributed by atoms with E-state index in [9.17, 15) is 10.1 Å². The molecule has 1 saturated carbocycles. The third-order valence-electron chi connectivity index (χ3n) is 4.16. The molecule has 0 spiro atoms. The van der Waals surface area contributed by atoms with Gasteiger partial charge in [0.2, 0.25) is 0 Å². The van der Waals surface area contributed by atoms with Crippen molar-refractivity contribution in [1.82, 2.24) is 0 Å². The number of ether oxygens (including phenoxy) is 1. The normalized spacial score (nSPS) is 32.1. The van der Waals surface area contributed by atoms with E-state index >= 15 is 0 Å². The zero-order valence-corrected chi connectivity index (χ0v) is 12.4. The van der Waals surface area contributed by atoms with Crippen LogP contribution in [0.3, 0.4) is 0 Å². The predicted octanol–water partition coefficient (Wildman–Crippen LogP) is 2.27. The van der Waals surface area contributed by atoms with E-state index in [0.29, 0.717) is 16.1 Å². The number of hydrogen-bond acceptors (Lipinski definition) is 5. The summed E-state index contributed by atoms with van der Waals surface area (Å²) in [6, 6.07) is 4.90. The summed E-state index contributed by atoms with van der Waals surface area (Å²) in [6.45, 7) is 0.745. The average Bonchev–Trinajstić information content (AvgIpc) is 2.45. The summed E-state index contributed by atoms with van der Waals surface area (Å²) in [5.74, 6) is 0.371. The molecule has 2 fully saturated rings. The quantitative estimate of drug-likeness (QED) is 0.650. The molecule has 1 aromatic carbocycles. The van der Waals surface area contributed by atoms with Gasteiger partial charge in [0, 0.05) is 29.1 Å². The highest BCUT2D eigenvalue weighted by Crippen LogP contribution is 2.40. The van der Waals surface area contributed by atoms with Gasteiger partial charge in [0.25, 0.3) is 5.69 Å². The summed E-state index contributed by atoms with van der Waals surface area (Å²) in [6.07, 6.45) is 2.19. The van der Waals surface area contributed by atoms with Gasteiger partial charge in [0.15, 0.2) is 0 Å². The van der Waals surface area contributed by atoms with E-state index in [4.69, 9.17) is 10.5 Å². The Balaban J connectivity index is 1.80. The van der Waals surface area contributed by atoms with Crippen LogP contribution < -0.4 is 11.1 Å². The van der Waals surface area contributed by atoms with Crippen LogP contribution in [0.1, 0.15) is 12.8 Å². The van der Waals surface area contributed by atoms with Crippen molar-refractivity contribution >= 4 is 27.3 Å². The first kappa shape index (κ1) is 13.8. The van der Waals surface area contributed by atoms with E-state index in [0.717, 1.165) is 19.4 Å². The smallest absolute Gasteiger partial charge is 0.293 e. The molecule has 0 aromatic heterocycles. The molecule has 108 valence electrons. The SMILES string of the molecule is NC1C2CCCOC2C1Nc1ccc(Br)cc1[N+](=O)[O-]. The molecule has 6 nitrogen and oxygen atoms in total. The topological polar surface area (TPSA) is 90.4 Å². The molecular formula is C13H16BrN3O3. The van der Waals surface area contributed by atoms with Crippen LogP contribution >= 0.6 is 15.9 Å². The van der Waals surface area contributed by atoms with Crippen molar-refractivity contribution in [2.45, 2.75) is 31.0 Å². The number of halogens is 1. The minimum absolute atomic E-state index is 0.0106. The Bertz CT molecular complexity index is 540. The van der Waals surface area contributed by atoms with Crippen molar-refractivity contribution in [3.05, 3.63) is 32.8 Å². The molecule has 3 N–H and O–H groups in total. The maximum Gasteiger partial charge on any atom is 0.293 e. The van der Waals surface area contributed by atoms with Crippen molar-refractivity contribution < 1.29 is 9.66 Å². The van der Waals surface area contributed by atoms with E-state index < -0.39 is 4.92 Å². The van der Waals surface area contributed by atoms with Gasteiger partial charge in [-0.25, -0.2) is 0 Å². The largest absolute Gasteiger partial charge is 0.376 e.